The van der Waals surface area contributed by atoms with Crippen LogP contribution < -0.4 is 16.0 Å². The second kappa shape index (κ2) is 26.1. The number of morpholine rings is 1. The molecule has 426 valence electrons. The van der Waals surface area contributed by atoms with Crippen LogP contribution >= 0.6 is 0 Å². The summed E-state index contributed by atoms with van der Waals surface area (Å²) in [5, 5.41) is 17.0. The Balaban J connectivity index is 1.14. The van der Waals surface area contributed by atoms with E-state index in [-0.39, 0.29) is 64.9 Å². The maximum atomic E-state index is 15.1. The lowest BCUT2D eigenvalue weighted by atomic mass is 9.84. The molecule has 2 aromatic rings. The number of carbonyl (C=O) groups excluding carboxylic acids is 7. The summed E-state index contributed by atoms with van der Waals surface area (Å²) in [6.07, 6.45) is 3.13. The van der Waals surface area contributed by atoms with Gasteiger partial charge in [0.25, 0.3) is 11.8 Å². The molecule has 22 heteroatoms. The third kappa shape index (κ3) is 14.3. The van der Waals surface area contributed by atoms with Gasteiger partial charge in [0, 0.05) is 79.5 Å². The van der Waals surface area contributed by atoms with Gasteiger partial charge in [-0.15, -0.1) is 0 Å². The number of hydrogen-bond acceptors (Lipinski definition) is 16. The Hall–Kier alpha value is -7.27. The Kier molecular flexibility index (Phi) is 19.6. The van der Waals surface area contributed by atoms with E-state index in [0.717, 1.165) is 16.7 Å². The van der Waals surface area contributed by atoms with Crippen molar-refractivity contribution in [2.45, 2.75) is 118 Å². The molecule has 7 heterocycles. The van der Waals surface area contributed by atoms with E-state index in [9.17, 15) is 33.9 Å². The molecule has 1 saturated heterocycles. The maximum Gasteiger partial charge on any atom is 0.408 e. The molecule has 1 fully saturated rings. The number of aryl methyl sites for hydroxylation is 1. The fourth-order valence-electron chi connectivity index (χ4n) is 10.0. The van der Waals surface area contributed by atoms with Crippen molar-refractivity contribution in [1.29, 1.82) is 0 Å². The number of aliphatic hydroxyl groups is 1. The number of esters is 2. The summed E-state index contributed by atoms with van der Waals surface area (Å²) in [4.78, 5) is 114. The van der Waals surface area contributed by atoms with Gasteiger partial charge >= 0.3 is 18.0 Å². The van der Waals surface area contributed by atoms with Crippen LogP contribution in [0.25, 0.3) is 33.3 Å². The van der Waals surface area contributed by atoms with Gasteiger partial charge in [0.15, 0.2) is 0 Å². The third-order valence-electron chi connectivity index (χ3n) is 14.4. The minimum Gasteiger partial charge on any atom is -0.463 e. The second-order valence-electron chi connectivity index (χ2n) is 21.1. The van der Waals surface area contributed by atoms with Crippen LogP contribution in [0.4, 0.5) is 4.79 Å². The van der Waals surface area contributed by atoms with E-state index < -0.39 is 65.3 Å². The summed E-state index contributed by atoms with van der Waals surface area (Å²) < 4.78 is 27.1. The molecule has 0 spiro atoms. The molecule has 22 nitrogen and oxygen atoms in total. The highest BCUT2D eigenvalue weighted by Gasteiger charge is 2.41. The lowest BCUT2D eigenvalue weighted by Gasteiger charge is -2.31. The summed E-state index contributed by atoms with van der Waals surface area (Å²) >= 11 is 0. The number of allylic oxidation sites excluding steroid dienone is 5. The molecule has 2 aromatic heterocycles. The first-order chi connectivity index (χ1) is 37.6. The number of hydrogen-bond donors (Lipinski definition) is 6. The topological polar surface area (TPSA) is 286 Å². The summed E-state index contributed by atoms with van der Waals surface area (Å²) in [6, 6.07) is 3.87. The first-order valence-corrected chi connectivity index (χ1v) is 27.0. The number of aromatic nitrogens is 4. The smallest absolute Gasteiger partial charge is 0.408 e. The normalized spacial score (nSPS) is 17.9. The SMILES string of the molecule is CCC1=C(C)c2cc3nc(cc4[nH]c(c5c6[nH]c(cc1n2)c(C)c6C(=O)N(CCN1CCOCC1)C5=O)[C@@H](CCC(=O)OCCO)[C@@H]4C)C(C)=C3/C=C/C(=O)OCCOCCNC(=O)[C@H](C)NC(=O)[C@H](C)NC(=O)OC(C)(C)C. The molecule has 0 aromatic carbocycles. The number of alkyl carbamates (subject to hydrolysis) is 1. The van der Waals surface area contributed by atoms with Gasteiger partial charge in [-0.3, -0.25) is 33.8 Å². The number of amides is 5. The molecular formula is C57H75N9O13. The van der Waals surface area contributed by atoms with Crippen molar-refractivity contribution in [3.05, 3.63) is 81.2 Å². The lowest BCUT2D eigenvalue weighted by Crippen LogP contribution is -2.52. The fourth-order valence-corrected chi connectivity index (χ4v) is 10.0. The second-order valence-corrected chi connectivity index (χ2v) is 21.1. The van der Waals surface area contributed by atoms with Crippen LogP contribution in [-0.4, -0.2) is 173 Å². The van der Waals surface area contributed by atoms with Gasteiger partial charge < -0.3 is 54.7 Å². The zero-order valence-corrected chi connectivity index (χ0v) is 46.9. The van der Waals surface area contributed by atoms with Gasteiger partial charge in [-0.05, 0) is 115 Å². The number of aliphatic hydroxyl groups excluding tert-OH is 1. The van der Waals surface area contributed by atoms with Crippen LogP contribution in [0.15, 0.2) is 30.4 Å². The van der Waals surface area contributed by atoms with Crippen molar-refractivity contribution in [3.8, 4) is 0 Å². The quantitative estimate of drug-likeness (QED) is 0.0300. The number of rotatable bonds is 21. The molecule has 5 aliphatic heterocycles. The van der Waals surface area contributed by atoms with Crippen LogP contribution in [0, 0.1) is 6.92 Å². The van der Waals surface area contributed by atoms with E-state index in [1.54, 1.807) is 26.8 Å². The predicted molar refractivity (Wildman–Crippen MR) is 294 cm³/mol. The summed E-state index contributed by atoms with van der Waals surface area (Å²) in [5.41, 5.74) is 8.65. The molecule has 5 amide bonds. The number of fused-ring (bicyclic) bond motifs is 8. The molecule has 0 saturated carbocycles. The van der Waals surface area contributed by atoms with Crippen molar-refractivity contribution in [2.24, 2.45) is 0 Å². The fraction of sp³-hybridized carbons (Fsp3) is 0.526. The Morgan fingerprint density at radius 3 is 2.25 bits per heavy atom. The van der Waals surface area contributed by atoms with E-state index in [4.69, 9.17) is 33.7 Å². The van der Waals surface area contributed by atoms with Gasteiger partial charge in [-0.1, -0.05) is 13.8 Å². The van der Waals surface area contributed by atoms with E-state index in [0.29, 0.717) is 107 Å². The van der Waals surface area contributed by atoms with Crippen molar-refractivity contribution in [1.82, 2.24) is 45.7 Å². The van der Waals surface area contributed by atoms with Crippen molar-refractivity contribution < 1.29 is 62.4 Å². The Morgan fingerprint density at radius 2 is 1.54 bits per heavy atom. The highest BCUT2D eigenvalue weighted by molar-refractivity contribution is 6.23. The number of aromatic amines is 2. The van der Waals surface area contributed by atoms with Crippen LogP contribution in [0.2, 0.25) is 0 Å². The van der Waals surface area contributed by atoms with Crippen molar-refractivity contribution in [2.75, 3.05) is 79.0 Å². The molecule has 6 N–H and O–H groups in total. The van der Waals surface area contributed by atoms with Gasteiger partial charge in [0.2, 0.25) is 11.8 Å². The average molecular weight is 1090 g/mol. The molecule has 4 atom stereocenters. The molecule has 7 rings (SSSR count). The van der Waals surface area contributed by atoms with Gasteiger partial charge in [0.1, 0.15) is 30.9 Å². The Bertz CT molecular complexity index is 3010. The van der Waals surface area contributed by atoms with E-state index >= 15 is 4.79 Å². The number of imide groups is 1. The molecule has 79 heavy (non-hydrogen) atoms. The summed E-state index contributed by atoms with van der Waals surface area (Å²) in [6.45, 7) is 20.7. The molecule has 0 unspecified atom stereocenters. The van der Waals surface area contributed by atoms with Crippen molar-refractivity contribution in [3.63, 3.8) is 0 Å². The summed E-state index contributed by atoms with van der Waals surface area (Å²) in [7, 11) is 0. The van der Waals surface area contributed by atoms with Gasteiger partial charge in [0.05, 0.1) is 72.5 Å². The Morgan fingerprint density at radius 1 is 0.848 bits per heavy atom. The predicted octanol–water partition coefficient (Wildman–Crippen LogP) is 5.40. The van der Waals surface area contributed by atoms with E-state index in [2.05, 4.69) is 30.8 Å². The first-order valence-electron chi connectivity index (χ1n) is 27.0. The number of nitrogens with one attached hydrogen (secondary N) is 5. The Labute approximate surface area is 459 Å². The van der Waals surface area contributed by atoms with Crippen LogP contribution in [0.1, 0.15) is 154 Å². The minimum absolute atomic E-state index is 0.00257. The largest absolute Gasteiger partial charge is 0.463 e. The van der Waals surface area contributed by atoms with Gasteiger partial charge in [-0.25, -0.2) is 19.6 Å². The average Bonchev–Trinajstić information content (AvgIpc) is 4.09. The zero-order valence-electron chi connectivity index (χ0n) is 46.9. The summed E-state index contributed by atoms with van der Waals surface area (Å²) in [5.74, 6) is -3.75. The number of ether oxygens (including phenoxy) is 5. The number of nitrogens with zero attached hydrogens (tertiary/aromatic N) is 4. The highest BCUT2D eigenvalue weighted by atomic mass is 16.6. The van der Waals surface area contributed by atoms with Crippen LogP contribution in [-0.2, 0) is 42.9 Å². The van der Waals surface area contributed by atoms with E-state index in [1.807, 2.05) is 52.8 Å². The number of carbonyl (C=O) groups is 7. The highest BCUT2D eigenvalue weighted by Crippen LogP contribution is 2.45. The number of H-pyrrole nitrogens is 2. The molecule has 0 aliphatic carbocycles. The minimum atomic E-state index is -0.946. The van der Waals surface area contributed by atoms with Crippen molar-refractivity contribution >= 4 is 75.0 Å². The van der Waals surface area contributed by atoms with Crippen LogP contribution in [0.3, 0.4) is 0 Å². The van der Waals surface area contributed by atoms with Gasteiger partial charge in [-0.2, -0.15) is 0 Å². The first kappa shape index (κ1) is 59.4. The molecule has 8 bridgehead atoms. The standard InChI is InChI=1S/C57H75N9O13/c1-11-37-31(2)41-29-45-38(12-14-47(69)78-27-26-75-22-16-58-52(70)35(6)59-53(71)36(7)60-56(74)79-57(8,9)10)32(3)40(62-45)28-42-33(4)39(13-15-46(68)77-25-21-67)50(63-42)49-51-48(34(5)43(64-51)30-44(37)61-41)54(72)66(55(49)73)18-17-65-19-23-76-24-20-65/h12,14,28-30,33,35-36,39,63-64,67H,11,13,15-27H2,1-10H3,(H,58,70)(H,59,71)(H,60,74)/b14-12+,42-28?,44-30?,45-29?,50-49?/t33-,35-,36-,39-/m0/s1. The van der Waals surface area contributed by atoms with E-state index in [1.165, 1.54) is 24.8 Å². The lowest BCUT2D eigenvalue weighted by molar-refractivity contribution is -0.145. The molecule has 5 aliphatic rings. The molecular weight excluding hydrogens is 1020 g/mol. The maximum absolute atomic E-state index is 15.1. The third-order valence-corrected chi connectivity index (χ3v) is 14.4. The molecule has 0 radical (unpaired) electrons. The zero-order chi connectivity index (χ0) is 57.3. The van der Waals surface area contributed by atoms with Crippen LogP contribution in [0.5, 0.6) is 0 Å². The monoisotopic (exact) mass is 1090 g/mol.